The van der Waals surface area contributed by atoms with Gasteiger partial charge >= 0.3 is 0 Å². The van der Waals surface area contributed by atoms with E-state index < -0.39 is 37.3 Å². The highest BCUT2D eigenvalue weighted by molar-refractivity contribution is 6.30. The Morgan fingerprint density at radius 1 is 1.05 bits per heavy atom. The molecule has 1 fully saturated rings. The molecule has 19 heavy (non-hydrogen) atoms. The van der Waals surface area contributed by atoms with Crippen molar-refractivity contribution in [3.05, 3.63) is 29.3 Å². The van der Waals surface area contributed by atoms with Crippen molar-refractivity contribution in [1.29, 1.82) is 0 Å². The molecule has 5 atom stereocenters. The molecule has 0 unspecified atom stereocenters. The van der Waals surface area contributed by atoms with Crippen molar-refractivity contribution in [1.82, 2.24) is 0 Å². The van der Waals surface area contributed by atoms with Crippen molar-refractivity contribution in [2.45, 2.75) is 30.7 Å². The summed E-state index contributed by atoms with van der Waals surface area (Å²) < 4.78 is 10.6. The molecule has 2 rings (SSSR count). The Morgan fingerprint density at radius 2 is 1.68 bits per heavy atom. The minimum atomic E-state index is -1.46. The summed E-state index contributed by atoms with van der Waals surface area (Å²) in [5.41, 5.74) is 0. The molecule has 0 aliphatic carbocycles. The summed E-state index contributed by atoms with van der Waals surface area (Å²) in [5.74, 6) is 0.383. The summed E-state index contributed by atoms with van der Waals surface area (Å²) in [6, 6.07) is 6.34. The molecule has 4 N–H and O–H groups in total. The van der Waals surface area contributed by atoms with Gasteiger partial charge in [0.05, 0.1) is 6.61 Å². The number of rotatable bonds is 3. The Kier molecular flexibility index (Phi) is 4.62. The van der Waals surface area contributed by atoms with Crippen LogP contribution in [0.15, 0.2) is 24.3 Å². The van der Waals surface area contributed by atoms with E-state index in [2.05, 4.69) is 0 Å². The molecule has 0 radical (unpaired) electrons. The smallest absolute Gasteiger partial charge is 0.229 e. The second kappa shape index (κ2) is 6.04. The molecule has 0 amide bonds. The molecule has 0 spiro atoms. The first-order valence-corrected chi connectivity index (χ1v) is 6.13. The normalized spacial score (nSPS) is 35.1. The van der Waals surface area contributed by atoms with E-state index >= 15 is 0 Å². The van der Waals surface area contributed by atoms with Crippen molar-refractivity contribution in [3.8, 4) is 5.75 Å². The average Bonchev–Trinajstić information content (AvgIpc) is 2.42. The molecule has 7 heteroatoms. The lowest BCUT2D eigenvalue weighted by Crippen LogP contribution is -2.60. The maximum atomic E-state index is 9.77. The molecule has 1 saturated heterocycles. The molecular formula is C12H15ClO6. The van der Waals surface area contributed by atoms with Gasteiger partial charge in [0, 0.05) is 5.02 Å². The number of benzene rings is 1. The molecule has 1 aliphatic heterocycles. The number of ether oxygens (including phenoxy) is 2. The highest BCUT2D eigenvalue weighted by Crippen LogP contribution is 2.24. The minimum absolute atomic E-state index is 0.383. The SMILES string of the molecule is OC[C@@H]1O[C@H](Oc2ccc(Cl)cc2)[C@@H](O)[C@@H](O)[C@H]1O. The summed E-state index contributed by atoms with van der Waals surface area (Å²) in [6.45, 7) is -0.495. The van der Waals surface area contributed by atoms with Crippen LogP contribution >= 0.6 is 11.6 Å². The number of halogens is 1. The van der Waals surface area contributed by atoms with Crippen LogP contribution in [0, 0.1) is 0 Å². The van der Waals surface area contributed by atoms with Crippen LogP contribution in [0.5, 0.6) is 5.75 Å². The van der Waals surface area contributed by atoms with Gasteiger partial charge in [0.15, 0.2) is 0 Å². The van der Waals surface area contributed by atoms with E-state index in [1.54, 1.807) is 24.3 Å². The van der Waals surface area contributed by atoms with Gasteiger partial charge in [-0.1, -0.05) is 11.6 Å². The lowest BCUT2D eigenvalue weighted by atomic mass is 9.99. The Morgan fingerprint density at radius 3 is 2.26 bits per heavy atom. The van der Waals surface area contributed by atoms with E-state index in [-0.39, 0.29) is 0 Å². The van der Waals surface area contributed by atoms with Crippen molar-refractivity contribution in [3.63, 3.8) is 0 Å². The first-order valence-electron chi connectivity index (χ1n) is 5.75. The number of aliphatic hydroxyl groups is 4. The van der Waals surface area contributed by atoms with E-state index in [9.17, 15) is 15.3 Å². The molecule has 106 valence electrons. The van der Waals surface area contributed by atoms with E-state index in [0.717, 1.165) is 0 Å². The first kappa shape index (κ1) is 14.5. The van der Waals surface area contributed by atoms with Crippen LogP contribution in [0.3, 0.4) is 0 Å². The third-order valence-electron chi connectivity index (χ3n) is 2.91. The van der Waals surface area contributed by atoms with Crippen molar-refractivity contribution >= 4 is 11.6 Å². The molecule has 6 nitrogen and oxygen atoms in total. The Balaban J connectivity index is 2.08. The zero-order chi connectivity index (χ0) is 14.0. The van der Waals surface area contributed by atoms with Gasteiger partial charge in [-0.05, 0) is 24.3 Å². The van der Waals surface area contributed by atoms with Gasteiger partial charge in [-0.25, -0.2) is 0 Å². The van der Waals surface area contributed by atoms with Gasteiger partial charge in [0.1, 0.15) is 30.2 Å². The lowest BCUT2D eigenvalue weighted by molar-refractivity contribution is -0.277. The van der Waals surface area contributed by atoms with Crippen molar-refractivity contribution in [2.24, 2.45) is 0 Å². The third kappa shape index (κ3) is 3.17. The van der Waals surface area contributed by atoms with E-state index in [0.29, 0.717) is 10.8 Å². The fourth-order valence-electron chi connectivity index (χ4n) is 1.81. The Labute approximate surface area is 114 Å². The summed E-state index contributed by atoms with van der Waals surface area (Å²) in [4.78, 5) is 0. The third-order valence-corrected chi connectivity index (χ3v) is 3.17. The van der Waals surface area contributed by atoms with Crippen LogP contribution in [-0.4, -0.2) is 57.7 Å². The van der Waals surface area contributed by atoms with Gasteiger partial charge in [-0.15, -0.1) is 0 Å². The highest BCUT2D eigenvalue weighted by atomic mass is 35.5. The molecule has 1 aromatic carbocycles. The topological polar surface area (TPSA) is 99.4 Å². The van der Waals surface area contributed by atoms with Crippen molar-refractivity contribution in [2.75, 3.05) is 6.61 Å². The predicted octanol–water partition coefficient (Wildman–Crippen LogP) is -0.481. The quantitative estimate of drug-likeness (QED) is 0.600. The van der Waals surface area contributed by atoms with Gasteiger partial charge in [-0.3, -0.25) is 0 Å². The number of hydrogen-bond acceptors (Lipinski definition) is 6. The molecule has 0 aromatic heterocycles. The van der Waals surface area contributed by atoms with E-state index in [1.165, 1.54) is 0 Å². The fourth-order valence-corrected chi connectivity index (χ4v) is 1.94. The van der Waals surface area contributed by atoms with Crippen LogP contribution in [0.1, 0.15) is 0 Å². The highest BCUT2D eigenvalue weighted by Gasteiger charge is 2.44. The van der Waals surface area contributed by atoms with E-state index in [4.69, 9.17) is 26.2 Å². The molecule has 0 saturated carbocycles. The van der Waals surface area contributed by atoms with Gasteiger partial charge in [0.2, 0.25) is 6.29 Å². The van der Waals surface area contributed by atoms with Gasteiger partial charge in [-0.2, -0.15) is 0 Å². The second-order valence-electron chi connectivity index (χ2n) is 4.27. The number of hydrogen-bond donors (Lipinski definition) is 4. The summed E-state index contributed by atoms with van der Waals surface area (Å²) >= 11 is 5.73. The molecule has 1 aliphatic rings. The van der Waals surface area contributed by atoms with Gasteiger partial charge < -0.3 is 29.9 Å². The maximum absolute atomic E-state index is 9.77. The second-order valence-corrected chi connectivity index (χ2v) is 4.71. The zero-order valence-electron chi connectivity index (χ0n) is 9.89. The average molecular weight is 291 g/mol. The monoisotopic (exact) mass is 290 g/mol. The zero-order valence-corrected chi connectivity index (χ0v) is 10.6. The maximum Gasteiger partial charge on any atom is 0.229 e. The van der Waals surface area contributed by atoms with Gasteiger partial charge in [0.25, 0.3) is 0 Å². The standard InChI is InChI=1S/C12H15ClO6/c13-6-1-3-7(4-2-6)18-12-11(17)10(16)9(15)8(5-14)19-12/h1-4,8-12,14-17H,5H2/t8-,9-,10-,11-,12-/m0/s1. The van der Waals surface area contributed by atoms with Crippen LogP contribution in [-0.2, 0) is 4.74 Å². The van der Waals surface area contributed by atoms with E-state index in [1.807, 2.05) is 0 Å². The van der Waals surface area contributed by atoms with Crippen LogP contribution < -0.4 is 4.74 Å². The largest absolute Gasteiger partial charge is 0.462 e. The van der Waals surface area contributed by atoms with Crippen molar-refractivity contribution < 1.29 is 29.9 Å². The molecule has 1 heterocycles. The number of aliphatic hydroxyl groups excluding tert-OH is 4. The molecule has 0 bridgehead atoms. The Hall–Kier alpha value is -0.890. The summed E-state index contributed by atoms with van der Waals surface area (Å²) in [6.07, 6.45) is -6.45. The molecular weight excluding hydrogens is 276 g/mol. The predicted molar refractivity (Wildman–Crippen MR) is 65.8 cm³/mol. The lowest BCUT2D eigenvalue weighted by Gasteiger charge is -2.39. The minimum Gasteiger partial charge on any atom is -0.462 e. The first-order chi connectivity index (χ1) is 9.02. The summed E-state index contributed by atoms with van der Waals surface area (Å²) in [5, 5.41) is 38.5. The Bertz CT molecular complexity index is 409. The van der Waals surface area contributed by atoms with Crippen LogP contribution in [0.2, 0.25) is 5.02 Å². The van der Waals surface area contributed by atoms with Crippen LogP contribution in [0.25, 0.3) is 0 Å². The fraction of sp³-hybridized carbons (Fsp3) is 0.500. The summed E-state index contributed by atoms with van der Waals surface area (Å²) in [7, 11) is 0. The molecule has 1 aromatic rings. The van der Waals surface area contributed by atoms with Crippen LogP contribution in [0.4, 0.5) is 0 Å².